The predicted molar refractivity (Wildman–Crippen MR) is 150 cm³/mol. The fourth-order valence-electron chi connectivity index (χ4n) is 5.80. The van der Waals surface area contributed by atoms with Crippen LogP contribution in [-0.2, 0) is 12.8 Å². The lowest BCUT2D eigenvalue weighted by molar-refractivity contribution is 0.102. The molecule has 2 aromatic carbocycles. The molecule has 38 heavy (non-hydrogen) atoms. The van der Waals surface area contributed by atoms with Crippen molar-refractivity contribution in [2.24, 2.45) is 5.92 Å². The molecule has 2 aliphatic heterocycles. The molecule has 6 rings (SSSR count). The van der Waals surface area contributed by atoms with Crippen LogP contribution in [-0.4, -0.2) is 51.6 Å². The number of H-pyrrole nitrogens is 1. The summed E-state index contributed by atoms with van der Waals surface area (Å²) in [6.45, 7) is 6.02. The van der Waals surface area contributed by atoms with Crippen molar-refractivity contribution in [2.45, 2.75) is 38.6 Å². The van der Waals surface area contributed by atoms with Crippen LogP contribution in [0.3, 0.4) is 0 Å². The van der Waals surface area contributed by atoms with Crippen molar-refractivity contribution in [3.8, 4) is 17.1 Å². The average Bonchev–Trinajstić information content (AvgIpc) is 3.59. The summed E-state index contributed by atoms with van der Waals surface area (Å²) >= 11 is 0. The summed E-state index contributed by atoms with van der Waals surface area (Å²) < 4.78 is 8.14. The van der Waals surface area contributed by atoms with Gasteiger partial charge in [0.25, 0.3) is 5.91 Å². The van der Waals surface area contributed by atoms with Crippen LogP contribution in [0.1, 0.15) is 47.4 Å². The minimum absolute atomic E-state index is 0.143. The number of carbonyl (C=O) groups excluding carboxylic acids is 1. The average molecular weight is 510 g/mol. The number of ether oxygens (including phenoxy) is 1. The molecule has 4 heterocycles. The summed E-state index contributed by atoms with van der Waals surface area (Å²) in [5, 5.41) is 3.03. The van der Waals surface area contributed by atoms with Gasteiger partial charge in [0, 0.05) is 49.0 Å². The zero-order valence-electron chi connectivity index (χ0n) is 21.9. The summed E-state index contributed by atoms with van der Waals surface area (Å²) in [5.41, 5.74) is 4.76. The van der Waals surface area contributed by atoms with Gasteiger partial charge >= 0.3 is 0 Å². The number of benzene rings is 2. The van der Waals surface area contributed by atoms with Gasteiger partial charge in [-0.05, 0) is 75.0 Å². The summed E-state index contributed by atoms with van der Waals surface area (Å²) in [4.78, 5) is 23.4. The molecule has 0 radical (unpaired) electrons. The molecular formula is C31H35N5O2. The van der Waals surface area contributed by atoms with E-state index in [1.165, 1.54) is 24.8 Å². The molecule has 0 bridgehead atoms. The van der Waals surface area contributed by atoms with E-state index in [0.29, 0.717) is 18.2 Å². The Balaban J connectivity index is 0.972. The Morgan fingerprint density at radius 2 is 1.89 bits per heavy atom. The molecule has 4 aromatic rings. The van der Waals surface area contributed by atoms with Gasteiger partial charge in [0.2, 0.25) is 0 Å². The Kier molecular flexibility index (Phi) is 7.01. The highest BCUT2D eigenvalue weighted by Gasteiger charge is 2.28. The van der Waals surface area contributed by atoms with Gasteiger partial charge in [-0.15, -0.1) is 0 Å². The quantitative estimate of drug-likeness (QED) is 0.325. The lowest BCUT2D eigenvalue weighted by Gasteiger charge is -2.31. The third-order valence-corrected chi connectivity index (χ3v) is 7.94. The van der Waals surface area contributed by atoms with Gasteiger partial charge in [-0.3, -0.25) is 9.69 Å². The third kappa shape index (κ3) is 5.24. The van der Waals surface area contributed by atoms with Crippen molar-refractivity contribution in [3.05, 3.63) is 90.0 Å². The van der Waals surface area contributed by atoms with E-state index in [9.17, 15) is 4.79 Å². The minimum Gasteiger partial charge on any atom is -0.492 e. The molecule has 0 saturated carbocycles. The van der Waals surface area contributed by atoms with Crippen LogP contribution in [0.15, 0.2) is 73.2 Å². The van der Waals surface area contributed by atoms with Crippen LogP contribution in [0.5, 0.6) is 5.75 Å². The first-order valence-electron chi connectivity index (χ1n) is 13.7. The maximum Gasteiger partial charge on any atom is 0.257 e. The smallest absolute Gasteiger partial charge is 0.257 e. The molecular weight excluding hydrogens is 474 g/mol. The molecule has 2 N–H and O–H groups in total. The Morgan fingerprint density at radius 3 is 2.68 bits per heavy atom. The highest BCUT2D eigenvalue weighted by molar-refractivity contribution is 6.08. The van der Waals surface area contributed by atoms with Crippen molar-refractivity contribution in [3.63, 3.8) is 0 Å². The highest BCUT2D eigenvalue weighted by atomic mass is 16.5. The number of rotatable bonds is 8. The molecule has 1 unspecified atom stereocenters. The molecule has 2 aromatic heterocycles. The molecule has 1 atom stereocenters. The molecule has 1 saturated heterocycles. The van der Waals surface area contributed by atoms with Gasteiger partial charge in [-0.1, -0.05) is 30.3 Å². The predicted octanol–water partition coefficient (Wildman–Crippen LogP) is 5.58. The summed E-state index contributed by atoms with van der Waals surface area (Å²) in [5.74, 6) is 2.29. The molecule has 1 fully saturated rings. The Labute approximate surface area is 223 Å². The van der Waals surface area contributed by atoms with Crippen molar-refractivity contribution >= 4 is 11.6 Å². The van der Waals surface area contributed by atoms with E-state index in [1.807, 2.05) is 30.5 Å². The molecule has 1 amide bonds. The standard InChI is InChI=1S/C31H35N5O2/c1-22-19-28-29(30-32-13-16-36(22)30)27(21-33-28)31(37)34-25-7-9-26(10-8-25)38-18-17-35-14-11-24(12-15-35)20-23-5-3-2-4-6-23/h2-10,13,16,21-22,24,33H,11-12,14-15,17-20H2,1H3,(H,34,37). The topological polar surface area (TPSA) is 75.2 Å². The third-order valence-electron chi connectivity index (χ3n) is 7.94. The highest BCUT2D eigenvalue weighted by Crippen LogP contribution is 2.35. The number of carbonyl (C=O) groups is 1. The van der Waals surface area contributed by atoms with E-state index >= 15 is 0 Å². The van der Waals surface area contributed by atoms with Crippen molar-refractivity contribution < 1.29 is 9.53 Å². The number of piperidine rings is 1. The summed E-state index contributed by atoms with van der Waals surface area (Å²) in [6.07, 6.45) is 10.1. The summed E-state index contributed by atoms with van der Waals surface area (Å²) in [7, 11) is 0. The van der Waals surface area contributed by atoms with E-state index in [-0.39, 0.29) is 5.91 Å². The zero-order chi connectivity index (χ0) is 25.9. The number of aromatic nitrogens is 3. The second-order valence-corrected chi connectivity index (χ2v) is 10.6. The fraction of sp³-hybridized carbons (Fsp3) is 0.355. The number of amides is 1. The number of hydrogen-bond donors (Lipinski definition) is 2. The number of nitrogens with zero attached hydrogens (tertiary/aromatic N) is 3. The number of hydrogen-bond acceptors (Lipinski definition) is 4. The molecule has 2 aliphatic rings. The second-order valence-electron chi connectivity index (χ2n) is 10.6. The van der Waals surface area contributed by atoms with E-state index in [4.69, 9.17) is 4.74 Å². The first kappa shape index (κ1) is 24.5. The van der Waals surface area contributed by atoms with Gasteiger partial charge in [0.05, 0.1) is 11.1 Å². The lowest BCUT2D eigenvalue weighted by atomic mass is 9.90. The minimum atomic E-state index is -0.143. The number of anilines is 1. The van der Waals surface area contributed by atoms with Crippen molar-refractivity contribution in [2.75, 3.05) is 31.6 Å². The molecule has 7 heteroatoms. The van der Waals surface area contributed by atoms with Gasteiger partial charge in [-0.25, -0.2) is 4.98 Å². The molecule has 196 valence electrons. The molecule has 0 spiro atoms. The van der Waals surface area contributed by atoms with Crippen molar-refractivity contribution in [1.82, 2.24) is 19.4 Å². The fourth-order valence-corrected chi connectivity index (χ4v) is 5.80. The maximum absolute atomic E-state index is 13.1. The number of aromatic amines is 1. The summed E-state index contributed by atoms with van der Waals surface area (Å²) in [6, 6.07) is 18.8. The molecule has 0 aliphatic carbocycles. The van der Waals surface area contributed by atoms with Crippen LogP contribution in [0.4, 0.5) is 5.69 Å². The number of nitrogens with one attached hydrogen (secondary N) is 2. The Morgan fingerprint density at radius 1 is 1.11 bits per heavy atom. The van der Waals surface area contributed by atoms with Gasteiger partial charge < -0.3 is 19.6 Å². The first-order chi connectivity index (χ1) is 18.6. The number of likely N-dealkylation sites (tertiary alicyclic amines) is 1. The van der Waals surface area contributed by atoms with Crippen molar-refractivity contribution in [1.29, 1.82) is 0 Å². The lowest BCUT2D eigenvalue weighted by Crippen LogP contribution is -2.37. The van der Waals surface area contributed by atoms with E-state index in [2.05, 4.69) is 62.0 Å². The van der Waals surface area contributed by atoms with Gasteiger partial charge in [0.1, 0.15) is 18.2 Å². The van der Waals surface area contributed by atoms with Gasteiger partial charge in [0.15, 0.2) is 0 Å². The second kappa shape index (κ2) is 10.9. The number of fused-ring (bicyclic) bond motifs is 3. The SMILES string of the molecule is CC1Cc2[nH]cc(C(=O)Nc3ccc(OCCN4CCC(Cc5ccccc5)CC4)cc3)c2-c2nccn21. The van der Waals surface area contributed by atoms with E-state index < -0.39 is 0 Å². The monoisotopic (exact) mass is 509 g/mol. The zero-order valence-corrected chi connectivity index (χ0v) is 21.9. The van der Waals surface area contributed by atoms with E-state index in [1.54, 1.807) is 12.4 Å². The van der Waals surface area contributed by atoms with Crippen LogP contribution in [0.2, 0.25) is 0 Å². The Bertz CT molecular complexity index is 1370. The van der Waals surface area contributed by atoms with Gasteiger partial charge in [-0.2, -0.15) is 0 Å². The Hall–Kier alpha value is -3.84. The van der Waals surface area contributed by atoms with Crippen LogP contribution >= 0.6 is 0 Å². The normalized spacial score (nSPS) is 17.6. The van der Waals surface area contributed by atoms with Crippen LogP contribution < -0.4 is 10.1 Å². The van der Waals surface area contributed by atoms with Crippen LogP contribution in [0, 0.1) is 5.92 Å². The van der Waals surface area contributed by atoms with Crippen LogP contribution in [0.25, 0.3) is 11.4 Å². The molecule has 7 nitrogen and oxygen atoms in total. The number of imidazole rings is 1. The largest absolute Gasteiger partial charge is 0.492 e. The van der Waals surface area contributed by atoms with E-state index in [0.717, 1.165) is 60.5 Å². The first-order valence-corrected chi connectivity index (χ1v) is 13.7. The maximum atomic E-state index is 13.1.